The lowest BCUT2D eigenvalue weighted by Gasteiger charge is -2.17. The van der Waals surface area contributed by atoms with Gasteiger partial charge in [-0.2, -0.15) is 0 Å². The van der Waals surface area contributed by atoms with Crippen LogP contribution in [0.3, 0.4) is 0 Å². The predicted molar refractivity (Wildman–Crippen MR) is 77.0 cm³/mol. The van der Waals surface area contributed by atoms with E-state index in [4.69, 9.17) is 9.47 Å². The smallest absolute Gasteiger partial charge is 0.415 e. The number of carbonyl (C=O) groups is 1. The van der Waals surface area contributed by atoms with E-state index in [0.29, 0.717) is 18.9 Å². The summed E-state index contributed by atoms with van der Waals surface area (Å²) in [6.07, 6.45) is -0.395. The van der Waals surface area contributed by atoms with Crippen LogP contribution < -0.4 is 9.47 Å². The van der Waals surface area contributed by atoms with Crippen LogP contribution in [-0.2, 0) is 0 Å². The van der Waals surface area contributed by atoms with Crippen molar-refractivity contribution in [1.29, 1.82) is 0 Å². The fourth-order valence-corrected chi connectivity index (χ4v) is 1.58. The first-order valence-electron chi connectivity index (χ1n) is 6.41. The zero-order chi connectivity index (χ0) is 14.2. The number of benzene rings is 2. The summed E-state index contributed by atoms with van der Waals surface area (Å²) in [6, 6.07) is 18.5. The highest BCUT2D eigenvalue weighted by Crippen LogP contribution is 2.10. The van der Waals surface area contributed by atoms with Gasteiger partial charge in [-0.15, -0.1) is 0 Å². The number of amides is 1. The molecule has 0 heterocycles. The van der Waals surface area contributed by atoms with Gasteiger partial charge in [0.2, 0.25) is 0 Å². The molecule has 2 aromatic rings. The van der Waals surface area contributed by atoms with Gasteiger partial charge < -0.3 is 14.4 Å². The van der Waals surface area contributed by atoms with Crippen LogP contribution in [0, 0.1) is 0 Å². The first-order chi connectivity index (χ1) is 9.75. The van der Waals surface area contributed by atoms with Gasteiger partial charge in [0.05, 0.1) is 6.54 Å². The maximum Gasteiger partial charge on any atom is 0.415 e. The van der Waals surface area contributed by atoms with Gasteiger partial charge in [-0.1, -0.05) is 36.4 Å². The fourth-order valence-electron chi connectivity index (χ4n) is 1.58. The van der Waals surface area contributed by atoms with Gasteiger partial charge in [-0.3, -0.25) is 0 Å². The number of nitrogens with zero attached hydrogens (tertiary/aromatic N) is 1. The van der Waals surface area contributed by atoms with E-state index in [-0.39, 0.29) is 0 Å². The average Bonchev–Trinajstić information content (AvgIpc) is 2.49. The van der Waals surface area contributed by atoms with Crippen LogP contribution in [0.4, 0.5) is 4.79 Å². The molecule has 2 aromatic carbocycles. The van der Waals surface area contributed by atoms with Crippen molar-refractivity contribution in [2.24, 2.45) is 0 Å². The van der Waals surface area contributed by atoms with Crippen LogP contribution in [-0.4, -0.2) is 31.2 Å². The van der Waals surface area contributed by atoms with Gasteiger partial charge in [0.15, 0.2) is 0 Å². The summed E-state index contributed by atoms with van der Waals surface area (Å²) in [7, 11) is 1.68. The van der Waals surface area contributed by atoms with Crippen LogP contribution in [0.25, 0.3) is 0 Å². The van der Waals surface area contributed by atoms with Crippen molar-refractivity contribution < 1.29 is 14.3 Å². The van der Waals surface area contributed by atoms with Crippen molar-refractivity contribution in [2.45, 2.75) is 0 Å². The Morgan fingerprint density at radius 2 is 1.50 bits per heavy atom. The third-order valence-electron chi connectivity index (χ3n) is 2.70. The highest BCUT2D eigenvalue weighted by atomic mass is 16.6. The Hall–Kier alpha value is -2.49. The van der Waals surface area contributed by atoms with Gasteiger partial charge in [0.1, 0.15) is 18.1 Å². The highest BCUT2D eigenvalue weighted by molar-refractivity contribution is 5.70. The summed E-state index contributed by atoms with van der Waals surface area (Å²) in [6.45, 7) is 0.880. The van der Waals surface area contributed by atoms with E-state index in [0.717, 1.165) is 5.75 Å². The Morgan fingerprint density at radius 1 is 0.950 bits per heavy atom. The molecule has 104 valence electrons. The van der Waals surface area contributed by atoms with E-state index in [1.54, 1.807) is 19.2 Å². The largest absolute Gasteiger partial charge is 0.492 e. The van der Waals surface area contributed by atoms with E-state index in [9.17, 15) is 4.79 Å². The van der Waals surface area contributed by atoms with E-state index in [1.807, 2.05) is 48.5 Å². The summed E-state index contributed by atoms with van der Waals surface area (Å²) >= 11 is 0. The van der Waals surface area contributed by atoms with E-state index in [2.05, 4.69) is 0 Å². The lowest BCUT2D eigenvalue weighted by atomic mass is 10.3. The number of rotatable bonds is 5. The molecule has 0 aromatic heterocycles. The number of hydrogen-bond acceptors (Lipinski definition) is 3. The monoisotopic (exact) mass is 271 g/mol. The molecule has 0 radical (unpaired) electrons. The lowest BCUT2D eigenvalue weighted by molar-refractivity contribution is 0.153. The van der Waals surface area contributed by atoms with Crippen LogP contribution in [0.15, 0.2) is 60.7 Å². The molecular formula is C16H17NO3. The molecular weight excluding hydrogens is 254 g/mol. The Balaban J connectivity index is 1.74. The Morgan fingerprint density at radius 3 is 2.10 bits per heavy atom. The molecule has 20 heavy (non-hydrogen) atoms. The van der Waals surface area contributed by atoms with Crippen molar-refractivity contribution >= 4 is 6.09 Å². The van der Waals surface area contributed by atoms with Gasteiger partial charge in [0.25, 0.3) is 0 Å². The molecule has 4 nitrogen and oxygen atoms in total. The van der Waals surface area contributed by atoms with Gasteiger partial charge in [-0.05, 0) is 24.3 Å². The molecule has 0 aliphatic carbocycles. The Bertz CT molecular complexity index is 528. The topological polar surface area (TPSA) is 38.8 Å². The number of para-hydroxylation sites is 2. The van der Waals surface area contributed by atoms with Crippen LogP contribution in [0.1, 0.15) is 0 Å². The lowest BCUT2D eigenvalue weighted by Crippen LogP contribution is -2.33. The second-order valence-corrected chi connectivity index (χ2v) is 4.26. The Kier molecular flexibility index (Phi) is 5.00. The van der Waals surface area contributed by atoms with Crippen molar-refractivity contribution in [3.63, 3.8) is 0 Å². The molecule has 1 amide bonds. The number of hydrogen-bond donors (Lipinski definition) is 0. The summed E-state index contributed by atoms with van der Waals surface area (Å²) < 4.78 is 10.7. The molecule has 0 aliphatic rings. The minimum absolute atomic E-state index is 0.395. The highest BCUT2D eigenvalue weighted by Gasteiger charge is 2.10. The molecule has 4 heteroatoms. The van der Waals surface area contributed by atoms with Gasteiger partial charge in [0, 0.05) is 7.05 Å². The molecule has 0 aliphatic heterocycles. The Labute approximate surface area is 118 Å². The zero-order valence-corrected chi connectivity index (χ0v) is 11.4. The SMILES string of the molecule is CN(CCOc1ccccc1)C(=O)Oc1ccccc1. The standard InChI is InChI=1S/C16H17NO3/c1-17(12-13-19-14-8-4-2-5-9-14)16(18)20-15-10-6-3-7-11-15/h2-11H,12-13H2,1H3. The van der Waals surface area contributed by atoms with Crippen molar-refractivity contribution in [2.75, 3.05) is 20.2 Å². The maximum atomic E-state index is 11.8. The van der Waals surface area contributed by atoms with Crippen molar-refractivity contribution in [3.05, 3.63) is 60.7 Å². The normalized spacial score (nSPS) is 9.85. The number of carbonyl (C=O) groups excluding carboxylic acids is 1. The average molecular weight is 271 g/mol. The summed E-state index contributed by atoms with van der Waals surface area (Å²) in [4.78, 5) is 13.3. The van der Waals surface area contributed by atoms with Gasteiger partial charge >= 0.3 is 6.09 Å². The van der Waals surface area contributed by atoms with Crippen molar-refractivity contribution in [1.82, 2.24) is 4.90 Å². The fraction of sp³-hybridized carbons (Fsp3) is 0.188. The van der Waals surface area contributed by atoms with Crippen molar-refractivity contribution in [3.8, 4) is 11.5 Å². The molecule has 2 rings (SSSR count). The predicted octanol–water partition coefficient (Wildman–Crippen LogP) is 3.20. The quantitative estimate of drug-likeness (QED) is 0.838. The molecule has 0 spiro atoms. The molecule has 0 saturated carbocycles. The zero-order valence-electron chi connectivity index (χ0n) is 11.4. The third kappa shape index (κ3) is 4.31. The maximum absolute atomic E-state index is 11.8. The van der Waals surface area contributed by atoms with Crippen LogP contribution >= 0.6 is 0 Å². The van der Waals surface area contributed by atoms with Crippen LogP contribution in [0.2, 0.25) is 0 Å². The minimum atomic E-state index is -0.395. The molecule has 0 N–H and O–H groups in total. The number of ether oxygens (including phenoxy) is 2. The van der Waals surface area contributed by atoms with E-state index < -0.39 is 6.09 Å². The first-order valence-corrected chi connectivity index (χ1v) is 6.41. The first kappa shape index (κ1) is 13.9. The van der Waals surface area contributed by atoms with Gasteiger partial charge in [-0.25, -0.2) is 4.79 Å². The minimum Gasteiger partial charge on any atom is -0.492 e. The summed E-state index contributed by atoms with van der Waals surface area (Å²) in [5.41, 5.74) is 0. The molecule has 0 fully saturated rings. The number of likely N-dealkylation sites (N-methyl/N-ethyl adjacent to an activating group) is 1. The molecule has 0 saturated heterocycles. The third-order valence-corrected chi connectivity index (χ3v) is 2.70. The molecule has 0 unspecified atom stereocenters. The molecule has 0 bridgehead atoms. The second kappa shape index (κ2) is 7.19. The summed E-state index contributed by atoms with van der Waals surface area (Å²) in [5.74, 6) is 1.32. The second-order valence-electron chi connectivity index (χ2n) is 4.26. The van der Waals surface area contributed by atoms with E-state index in [1.165, 1.54) is 4.90 Å². The summed E-state index contributed by atoms with van der Waals surface area (Å²) in [5, 5.41) is 0. The van der Waals surface area contributed by atoms with E-state index >= 15 is 0 Å². The molecule has 0 atom stereocenters. The van der Waals surface area contributed by atoms with Crippen LogP contribution in [0.5, 0.6) is 11.5 Å².